The number of nitrogens with zero attached hydrogens (tertiary/aromatic N) is 1. The fraction of sp³-hybridized carbons (Fsp3) is 0.368. The fourth-order valence-corrected chi connectivity index (χ4v) is 2.65. The largest absolute Gasteiger partial charge is 0.493 e. The van der Waals surface area contributed by atoms with E-state index in [0.29, 0.717) is 17.2 Å². The summed E-state index contributed by atoms with van der Waals surface area (Å²) in [6.45, 7) is 3.09. The molecule has 0 aliphatic rings. The molecule has 0 aliphatic carbocycles. The molecule has 0 radical (unpaired) electrons. The molecule has 0 amide bonds. The van der Waals surface area contributed by atoms with Crippen LogP contribution in [0.5, 0.6) is 11.5 Å². The number of benzene rings is 2. The van der Waals surface area contributed by atoms with E-state index >= 15 is 0 Å². The minimum Gasteiger partial charge on any atom is -0.493 e. The number of aryl methyl sites for hydroxylation is 2. The molecule has 23 heavy (non-hydrogen) atoms. The quantitative estimate of drug-likeness (QED) is 0.792. The van der Waals surface area contributed by atoms with E-state index in [1.165, 1.54) is 11.3 Å². The van der Waals surface area contributed by atoms with Crippen LogP contribution >= 0.6 is 0 Å². The zero-order chi connectivity index (χ0) is 16.8. The van der Waals surface area contributed by atoms with Crippen molar-refractivity contribution >= 4 is 11.4 Å². The van der Waals surface area contributed by atoms with Gasteiger partial charge in [0, 0.05) is 19.3 Å². The Hall–Kier alpha value is -2.36. The molecular weight excluding hydrogens is 288 g/mol. The van der Waals surface area contributed by atoms with Crippen LogP contribution in [-0.4, -0.2) is 27.8 Å². The van der Waals surface area contributed by atoms with Gasteiger partial charge in [-0.2, -0.15) is 0 Å². The van der Waals surface area contributed by atoms with Gasteiger partial charge < -0.3 is 20.1 Å². The van der Waals surface area contributed by atoms with Crippen molar-refractivity contribution in [1.29, 1.82) is 0 Å². The summed E-state index contributed by atoms with van der Waals surface area (Å²) in [5.74, 6) is 1.29. The van der Waals surface area contributed by atoms with Crippen molar-refractivity contribution in [3.05, 3.63) is 47.5 Å². The smallest absolute Gasteiger partial charge is 0.183 e. The number of nitrogens with two attached hydrogens (primary N) is 1. The molecule has 2 aromatic rings. The van der Waals surface area contributed by atoms with Crippen LogP contribution in [0.2, 0.25) is 0 Å². The molecule has 0 saturated heterocycles. The van der Waals surface area contributed by atoms with E-state index in [2.05, 4.69) is 43.1 Å². The van der Waals surface area contributed by atoms with Gasteiger partial charge in [0.15, 0.2) is 11.5 Å². The summed E-state index contributed by atoms with van der Waals surface area (Å²) in [6, 6.07) is 12.6. The Morgan fingerprint density at radius 3 is 2.35 bits per heavy atom. The molecule has 0 unspecified atom stereocenters. The average molecular weight is 314 g/mol. The second-order valence-corrected chi connectivity index (χ2v) is 5.78. The van der Waals surface area contributed by atoms with Gasteiger partial charge in [-0.1, -0.05) is 17.7 Å². The van der Waals surface area contributed by atoms with Crippen LogP contribution in [0, 0.1) is 6.92 Å². The number of hydrogen-bond acceptors (Lipinski definition) is 4. The summed E-state index contributed by atoms with van der Waals surface area (Å²) in [7, 11) is 5.35. The van der Waals surface area contributed by atoms with Gasteiger partial charge in [-0.3, -0.25) is 0 Å². The van der Waals surface area contributed by atoms with Gasteiger partial charge in [-0.25, -0.2) is 0 Å². The van der Waals surface area contributed by atoms with Crippen molar-refractivity contribution in [3.8, 4) is 11.5 Å². The minimum atomic E-state index is 0.605. The molecule has 2 N–H and O–H groups in total. The molecule has 2 aromatic carbocycles. The van der Waals surface area contributed by atoms with E-state index in [4.69, 9.17) is 15.2 Å². The molecule has 0 aliphatic heterocycles. The van der Waals surface area contributed by atoms with Crippen molar-refractivity contribution < 1.29 is 9.47 Å². The van der Waals surface area contributed by atoms with Crippen molar-refractivity contribution in [2.45, 2.75) is 19.8 Å². The zero-order valence-electron chi connectivity index (χ0n) is 14.4. The molecule has 4 nitrogen and oxygen atoms in total. The number of ether oxygens (including phenoxy) is 2. The van der Waals surface area contributed by atoms with E-state index < -0.39 is 0 Å². The van der Waals surface area contributed by atoms with Crippen LogP contribution in [-0.2, 0) is 6.42 Å². The van der Waals surface area contributed by atoms with Crippen molar-refractivity contribution in [3.63, 3.8) is 0 Å². The molecule has 2 rings (SSSR count). The zero-order valence-corrected chi connectivity index (χ0v) is 14.4. The lowest BCUT2D eigenvalue weighted by molar-refractivity contribution is 0.356. The molecule has 124 valence electrons. The summed E-state index contributed by atoms with van der Waals surface area (Å²) in [6.07, 6.45) is 1.99. The van der Waals surface area contributed by atoms with E-state index in [1.54, 1.807) is 14.2 Å². The van der Waals surface area contributed by atoms with Crippen LogP contribution in [0.15, 0.2) is 36.4 Å². The molecule has 0 atom stereocenters. The number of hydrogen-bond donors (Lipinski definition) is 1. The lowest BCUT2D eigenvalue weighted by Gasteiger charge is -2.19. The summed E-state index contributed by atoms with van der Waals surface area (Å²) in [5.41, 5.74) is 10.3. The van der Waals surface area contributed by atoms with Gasteiger partial charge in [-0.05, 0) is 49.6 Å². The third kappa shape index (κ3) is 4.31. The Bertz CT molecular complexity index is 639. The highest BCUT2D eigenvalue weighted by Crippen LogP contribution is 2.34. The minimum absolute atomic E-state index is 0.605. The maximum atomic E-state index is 6.03. The third-order valence-corrected chi connectivity index (χ3v) is 4.00. The van der Waals surface area contributed by atoms with E-state index in [9.17, 15) is 0 Å². The molecule has 0 bridgehead atoms. The van der Waals surface area contributed by atoms with Gasteiger partial charge in [0.25, 0.3) is 0 Å². The summed E-state index contributed by atoms with van der Waals surface area (Å²) in [5, 5.41) is 0. The number of methoxy groups -OCH3 is 2. The highest BCUT2D eigenvalue weighted by Gasteiger charge is 2.10. The standard InChI is InChI=1S/C19H26N2O2/c1-14-7-9-16(10-8-14)21(2)11-5-6-15-12-17(20)19(23-4)18(13-15)22-3/h7-10,12-13H,5-6,11,20H2,1-4H3. The molecule has 0 fully saturated rings. The topological polar surface area (TPSA) is 47.7 Å². The van der Waals surface area contributed by atoms with Crippen LogP contribution in [0.4, 0.5) is 11.4 Å². The first-order valence-electron chi connectivity index (χ1n) is 7.83. The monoisotopic (exact) mass is 314 g/mol. The normalized spacial score (nSPS) is 10.4. The lowest BCUT2D eigenvalue weighted by Crippen LogP contribution is -2.18. The van der Waals surface area contributed by atoms with Gasteiger partial charge in [-0.15, -0.1) is 0 Å². The first-order valence-corrected chi connectivity index (χ1v) is 7.83. The summed E-state index contributed by atoms with van der Waals surface area (Å²) < 4.78 is 10.6. The SMILES string of the molecule is COc1cc(CCCN(C)c2ccc(C)cc2)cc(N)c1OC. The second-order valence-electron chi connectivity index (χ2n) is 5.78. The van der Waals surface area contributed by atoms with Crippen molar-refractivity contribution in [2.75, 3.05) is 38.4 Å². The maximum Gasteiger partial charge on any atom is 0.183 e. The second kappa shape index (κ2) is 7.77. The maximum absolute atomic E-state index is 6.03. The van der Waals surface area contributed by atoms with Gasteiger partial charge in [0.1, 0.15) is 0 Å². The van der Waals surface area contributed by atoms with Gasteiger partial charge >= 0.3 is 0 Å². The third-order valence-electron chi connectivity index (χ3n) is 4.00. The summed E-state index contributed by atoms with van der Waals surface area (Å²) in [4.78, 5) is 2.27. The predicted molar refractivity (Wildman–Crippen MR) is 96.7 cm³/mol. The molecule has 0 aromatic heterocycles. The predicted octanol–water partition coefficient (Wildman–Crippen LogP) is 3.66. The van der Waals surface area contributed by atoms with Gasteiger partial charge in [0.2, 0.25) is 0 Å². The van der Waals surface area contributed by atoms with E-state index in [-0.39, 0.29) is 0 Å². The van der Waals surface area contributed by atoms with E-state index in [1.807, 2.05) is 12.1 Å². The Labute approximate surface area is 138 Å². The Kier molecular flexibility index (Phi) is 5.74. The Morgan fingerprint density at radius 2 is 1.74 bits per heavy atom. The highest BCUT2D eigenvalue weighted by atomic mass is 16.5. The van der Waals surface area contributed by atoms with Crippen LogP contribution in [0.1, 0.15) is 17.5 Å². The average Bonchev–Trinajstić information content (AvgIpc) is 2.54. The van der Waals surface area contributed by atoms with Crippen molar-refractivity contribution in [1.82, 2.24) is 0 Å². The molecule has 0 spiro atoms. The summed E-state index contributed by atoms with van der Waals surface area (Å²) >= 11 is 0. The number of nitrogen functional groups attached to an aromatic ring is 1. The van der Waals surface area contributed by atoms with Crippen LogP contribution in [0.3, 0.4) is 0 Å². The first kappa shape index (κ1) is 17.0. The lowest BCUT2D eigenvalue weighted by atomic mass is 10.1. The fourth-order valence-electron chi connectivity index (χ4n) is 2.65. The van der Waals surface area contributed by atoms with E-state index in [0.717, 1.165) is 24.9 Å². The first-order chi connectivity index (χ1) is 11.0. The number of rotatable bonds is 7. The molecular formula is C19H26N2O2. The van der Waals surface area contributed by atoms with Crippen LogP contribution < -0.4 is 20.1 Å². The molecule has 0 saturated carbocycles. The molecule has 4 heteroatoms. The highest BCUT2D eigenvalue weighted by molar-refractivity contribution is 5.62. The Morgan fingerprint density at radius 1 is 1.04 bits per heavy atom. The Balaban J connectivity index is 1.96. The van der Waals surface area contributed by atoms with Crippen molar-refractivity contribution in [2.24, 2.45) is 0 Å². The number of anilines is 2. The molecule has 0 heterocycles. The van der Waals surface area contributed by atoms with Gasteiger partial charge in [0.05, 0.1) is 19.9 Å². The van der Waals surface area contributed by atoms with Crippen LogP contribution in [0.25, 0.3) is 0 Å².